The summed E-state index contributed by atoms with van der Waals surface area (Å²) in [5.74, 6) is -0.261. The summed E-state index contributed by atoms with van der Waals surface area (Å²) in [4.78, 5) is 0. The molecule has 0 amide bonds. The highest BCUT2D eigenvalue weighted by atomic mass is 19.1. The summed E-state index contributed by atoms with van der Waals surface area (Å²) in [6, 6.07) is 6.31. The molecule has 2 nitrogen and oxygen atoms in total. The number of aromatic nitrogens is 1. The van der Waals surface area contributed by atoms with Gasteiger partial charge in [-0.15, -0.1) is 0 Å². The van der Waals surface area contributed by atoms with E-state index in [1.165, 1.54) is 18.4 Å². The molecule has 0 bridgehead atoms. The number of halogens is 1. The highest BCUT2D eigenvalue weighted by Crippen LogP contribution is 2.21. The van der Waals surface area contributed by atoms with Crippen molar-refractivity contribution >= 4 is 0 Å². The Morgan fingerprint density at radius 3 is 2.53 bits per heavy atom. The van der Waals surface area contributed by atoms with E-state index in [1.54, 1.807) is 12.1 Å². The third-order valence-electron chi connectivity index (χ3n) is 1.91. The van der Waals surface area contributed by atoms with Crippen molar-refractivity contribution in [1.29, 1.82) is 0 Å². The van der Waals surface area contributed by atoms with E-state index in [0.717, 1.165) is 11.1 Å². The highest BCUT2D eigenvalue weighted by molar-refractivity contribution is 5.62. The summed E-state index contributed by atoms with van der Waals surface area (Å²) in [6.45, 7) is 5.91. The maximum absolute atomic E-state index is 12.9. The first-order valence-electron chi connectivity index (χ1n) is 4.94. The van der Waals surface area contributed by atoms with Gasteiger partial charge in [0.25, 0.3) is 0 Å². The van der Waals surface area contributed by atoms with Crippen molar-refractivity contribution in [1.82, 2.24) is 5.16 Å². The number of benzene rings is 1. The van der Waals surface area contributed by atoms with E-state index in [1.807, 2.05) is 20.8 Å². The first-order chi connectivity index (χ1) is 7.27. The Kier molecular flexibility index (Phi) is 4.03. The van der Waals surface area contributed by atoms with E-state index in [-0.39, 0.29) is 5.82 Å². The van der Waals surface area contributed by atoms with Gasteiger partial charge < -0.3 is 4.52 Å². The van der Waals surface area contributed by atoms with Crippen LogP contribution in [0.5, 0.6) is 0 Å². The third-order valence-corrected chi connectivity index (χ3v) is 1.91. The second-order valence-corrected chi connectivity index (χ2v) is 2.84. The Hall–Kier alpha value is -1.64. The average Bonchev–Trinajstić information content (AvgIpc) is 2.78. The SMILES string of the molecule is CC.Cc1ccc(F)cc1-c1ccon1. The molecule has 0 atom stereocenters. The van der Waals surface area contributed by atoms with Crippen LogP contribution in [0.25, 0.3) is 11.3 Å². The lowest BCUT2D eigenvalue weighted by Gasteiger charge is -2.00. The van der Waals surface area contributed by atoms with Gasteiger partial charge in [-0.1, -0.05) is 25.1 Å². The Bertz CT molecular complexity index is 410. The van der Waals surface area contributed by atoms with Crippen LogP contribution in [-0.4, -0.2) is 5.16 Å². The number of aryl methyl sites for hydroxylation is 1. The molecule has 0 aliphatic heterocycles. The van der Waals surface area contributed by atoms with E-state index >= 15 is 0 Å². The summed E-state index contributed by atoms with van der Waals surface area (Å²) < 4.78 is 17.6. The van der Waals surface area contributed by atoms with Gasteiger partial charge in [0.15, 0.2) is 0 Å². The van der Waals surface area contributed by atoms with Crippen LogP contribution in [0.15, 0.2) is 35.1 Å². The molecule has 1 aromatic carbocycles. The molecule has 0 aliphatic carbocycles. The molecule has 0 spiro atoms. The quantitative estimate of drug-likeness (QED) is 0.710. The van der Waals surface area contributed by atoms with Crippen LogP contribution in [0, 0.1) is 12.7 Å². The summed E-state index contributed by atoms with van der Waals surface area (Å²) in [5.41, 5.74) is 2.42. The normalized spacial score (nSPS) is 9.33. The molecule has 0 saturated carbocycles. The van der Waals surface area contributed by atoms with Crippen molar-refractivity contribution in [2.24, 2.45) is 0 Å². The number of hydrogen-bond acceptors (Lipinski definition) is 2. The smallest absolute Gasteiger partial charge is 0.124 e. The Labute approximate surface area is 88.7 Å². The van der Waals surface area contributed by atoms with E-state index in [4.69, 9.17) is 4.52 Å². The third kappa shape index (κ3) is 2.65. The van der Waals surface area contributed by atoms with Crippen LogP contribution in [0.1, 0.15) is 19.4 Å². The molecule has 0 N–H and O–H groups in total. The van der Waals surface area contributed by atoms with Crippen molar-refractivity contribution in [2.45, 2.75) is 20.8 Å². The van der Waals surface area contributed by atoms with Crippen molar-refractivity contribution in [2.75, 3.05) is 0 Å². The average molecular weight is 207 g/mol. The second-order valence-electron chi connectivity index (χ2n) is 2.84. The Morgan fingerprint density at radius 1 is 1.20 bits per heavy atom. The van der Waals surface area contributed by atoms with Crippen LogP contribution in [0.3, 0.4) is 0 Å². The van der Waals surface area contributed by atoms with Gasteiger partial charge in [-0.25, -0.2) is 4.39 Å². The molecule has 0 fully saturated rings. The standard InChI is InChI=1S/C10H8FNO.C2H6/c1-7-2-3-8(11)6-9(7)10-4-5-13-12-10;1-2/h2-6H,1H3;1-2H3. The van der Waals surface area contributed by atoms with Crippen LogP contribution in [-0.2, 0) is 0 Å². The minimum atomic E-state index is -0.261. The molecule has 3 heteroatoms. The maximum atomic E-state index is 12.9. The van der Waals surface area contributed by atoms with E-state index < -0.39 is 0 Å². The lowest BCUT2D eigenvalue weighted by atomic mass is 10.1. The summed E-state index contributed by atoms with van der Waals surface area (Å²) in [5, 5.41) is 3.75. The number of rotatable bonds is 1. The fourth-order valence-electron chi connectivity index (χ4n) is 1.22. The first kappa shape index (κ1) is 11.4. The first-order valence-corrected chi connectivity index (χ1v) is 4.94. The molecule has 2 rings (SSSR count). The molecule has 1 aromatic heterocycles. The molecule has 80 valence electrons. The topological polar surface area (TPSA) is 26.0 Å². The fraction of sp³-hybridized carbons (Fsp3) is 0.250. The zero-order valence-corrected chi connectivity index (χ0v) is 9.12. The van der Waals surface area contributed by atoms with Crippen LogP contribution < -0.4 is 0 Å². The molecule has 0 radical (unpaired) electrons. The minimum Gasteiger partial charge on any atom is -0.364 e. The van der Waals surface area contributed by atoms with Crippen LogP contribution in [0.4, 0.5) is 4.39 Å². The van der Waals surface area contributed by atoms with Crippen molar-refractivity contribution in [3.8, 4) is 11.3 Å². The molecular weight excluding hydrogens is 193 g/mol. The van der Waals surface area contributed by atoms with Gasteiger partial charge in [-0.05, 0) is 24.6 Å². The van der Waals surface area contributed by atoms with Crippen LogP contribution in [0.2, 0.25) is 0 Å². The summed E-state index contributed by atoms with van der Waals surface area (Å²) in [7, 11) is 0. The predicted octanol–water partition coefficient (Wildman–Crippen LogP) is 3.82. The highest BCUT2D eigenvalue weighted by Gasteiger charge is 2.05. The van der Waals surface area contributed by atoms with E-state index in [0.29, 0.717) is 5.69 Å². The van der Waals surface area contributed by atoms with Crippen molar-refractivity contribution < 1.29 is 8.91 Å². The molecule has 2 aromatic rings. The van der Waals surface area contributed by atoms with Gasteiger partial charge in [0.2, 0.25) is 0 Å². The second kappa shape index (κ2) is 5.29. The maximum Gasteiger partial charge on any atom is 0.124 e. The van der Waals surface area contributed by atoms with E-state index in [2.05, 4.69) is 5.16 Å². The number of nitrogens with zero attached hydrogens (tertiary/aromatic N) is 1. The monoisotopic (exact) mass is 207 g/mol. The zero-order chi connectivity index (χ0) is 11.3. The molecule has 15 heavy (non-hydrogen) atoms. The lowest BCUT2D eigenvalue weighted by molar-refractivity contribution is 0.422. The van der Waals surface area contributed by atoms with E-state index in [9.17, 15) is 4.39 Å². The Balaban J connectivity index is 0.000000531. The zero-order valence-electron chi connectivity index (χ0n) is 9.12. The van der Waals surface area contributed by atoms with Gasteiger partial charge in [0.05, 0.1) is 0 Å². The summed E-state index contributed by atoms with van der Waals surface area (Å²) in [6.07, 6.45) is 1.47. The van der Waals surface area contributed by atoms with Gasteiger partial charge in [0, 0.05) is 11.6 Å². The fourth-order valence-corrected chi connectivity index (χ4v) is 1.22. The molecular formula is C12H14FNO. The van der Waals surface area contributed by atoms with Gasteiger partial charge in [-0.3, -0.25) is 0 Å². The summed E-state index contributed by atoms with van der Waals surface area (Å²) >= 11 is 0. The minimum absolute atomic E-state index is 0.261. The molecule has 0 saturated heterocycles. The lowest BCUT2D eigenvalue weighted by Crippen LogP contribution is -1.84. The largest absolute Gasteiger partial charge is 0.364 e. The molecule has 0 unspecified atom stereocenters. The van der Waals surface area contributed by atoms with Gasteiger partial charge in [0.1, 0.15) is 17.8 Å². The molecule has 0 aliphatic rings. The molecule has 1 heterocycles. The van der Waals surface area contributed by atoms with Crippen molar-refractivity contribution in [3.63, 3.8) is 0 Å². The van der Waals surface area contributed by atoms with Crippen LogP contribution >= 0.6 is 0 Å². The Morgan fingerprint density at radius 2 is 1.93 bits per heavy atom. The predicted molar refractivity (Wildman–Crippen MR) is 58.0 cm³/mol. The van der Waals surface area contributed by atoms with Gasteiger partial charge >= 0.3 is 0 Å². The van der Waals surface area contributed by atoms with Crippen molar-refractivity contribution in [3.05, 3.63) is 41.9 Å². The van der Waals surface area contributed by atoms with Gasteiger partial charge in [-0.2, -0.15) is 0 Å². The number of hydrogen-bond donors (Lipinski definition) is 0.